The molecular formula is C22H23N3O4. The second-order valence-corrected chi connectivity index (χ2v) is 7.43. The van der Waals surface area contributed by atoms with Gasteiger partial charge in [-0.2, -0.15) is 5.26 Å². The molecule has 1 aliphatic rings. The number of aryl methyl sites for hydroxylation is 1. The molecule has 0 spiro atoms. The van der Waals surface area contributed by atoms with Crippen LogP contribution in [-0.2, 0) is 4.79 Å². The van der Waals surface area contributed by atoms with Crippen LogP contribution in [0.3, 0.4) is 0 Å². The van der Waals surface area contributed by atoms with E-state index in [1.54, 1.807) is 41.3 Å². The summed E-state index contributed by atoms with van der Waals surface area (Å²) in [6.07, 6.45) is 0.583. The first-order valence-electron chi connectivity index (χ1n) is 9.43. The van der Waals surface area contributed by atoms with E-state index in [4.69, 9.17) is 10.00 Å². The van der Waals surface area contributed by atoms with Crippen molar-refractivity contribution in [2.45, 2.75) is 20.3 Å². The quantitative estimate of drug-likeness (QED) is 0.809. The van der Waals surface area contributed by atoms with E-state index in [1.807, 2.05) is 19.9 Å². The van der Waals surface area contributed by atoms with Crippen LogP contribution in [0.4, 0.5) is 10.5 Å². The van der Waals surface area contributed by atoms with Gasteiger partial charge in [0.1, 0.15) is 11.5 Å². The minimum Gasteiger partial charge on any atom is -0.481 e. The molecule has 2 N–H and O–H groups in total. The molecule has 7 heteroatoms. The lowest BCUT2D eigenvalue weighted by Gasteiger charge is -2.34. The lowest BCUT2D eigenvalue weighted by molar-refractivity contribution is -0.143. The molecule has 2 aromatic carbocycles. The van der Waals surface area contributed by atoms with Crippen molar-refractivity contribution in [3.05, 3.63) is 53.6 Å². The highest BCUT2D eigenvalue weighted by atomic mass is 16.5. The number of carbonyl (C=O) groups is 2. The monoisotopic (exact) mass is 393 g/mol. The molecule has 1 fully saturated rings. The van der Waals surface area contributed by atoms with Crippen LogP contribution in [0.1, 0.15) is 24.5 Å². The normalized spacial score (nSPS) is 18.6. The van der Waals surface area contributed by atoms with Crippen LogP contribution in [-0.4, -0.2) is 35.1 Å². The minimum atomic E-state index is -0.866. The van der Waals surface area contributed by atoms with Crippen molar-refractivity contribution in [3.63, 3.8) is 0 Å². The zero-order chi connectivity index (χ0) is 21.0. The smallest absolute Gasteiger partial charge is 0.321 e. The molecule has 0 aromatic heterocycles. The van der Waals surface area contributed by atoms with Crippen LogP contribution >= 0.6 is 0 Å². The van der Waals surface area contributed by atoms with E-state index < -0.39 is 11.9 Å². The molecule has 150 valence electrons. The first-order chi connectivity index (χ1) is 13.9. The molecule has 2 aromatic rings. The Morgan fingerprint density at radius 1 is 1.17 bits per heavy atom. The van der Waals surface area contributed by atoms with Crippen LogP contribution in [0.2, 0.25) is 0 Å². The van der Waals surface area contributed by atoms with Crippen LogP contribution < -0.4 is 10.1 Å². The fourth-order valence-electron chi connectivity index (χ4n) is 3.46. The van der Waals surface area contributed by atoms with Gasteiger partial charge in [-0.3, -0.25) is 4.79 Å². The summed E-state index contributed by atoms with van der Waals surface area (Å²) >= 11 is 0. The number of ether oxygens (including phenoxy) is 1. The standard InChI is InChI=1S/C22H23N3O4/c1-14-9-17(21(26)27)13-25(12-14)22(28)24-20-8-7-19(10-15(20)2)29-18-5-3-16(11-23)4-6-18/h3-8,10,14,17H,9,12-13H2,1-2H3,(H,24,28)(H,26,27). The number of hydrogen-bond donors (Lipinski definition) is 2. The van der Waals surface area contributed by atoms with Gasteiger partial charge in [0, 0.05) is 18.8 Å². The highest BCUT2D eigenvalue weighted by molar-refractivity contribution is 5.90. The lowest BCUT2D eigenvalue weighted by atomic mass is 9.91. The summed E-state index contributed by atoms with van der Waals surface area (Å²) in [5.41, 5.74) is 2.03. The number of carbonyl (C=O) groups excluding carboxylic acids is 1. The maximum Gasteiger partial charge on any atom is 0.321 e. The number of anilines is 1. The number of carboxylic acids is 1. The van der Waals surface area contributed by atoms with E-state index in [2.05, 4.69) is 11.4 Å². The Hall–Kier alpha value is -3.53. The summed E-state index contributed by atoms with van der Waals surface area (Å²) in [5.74, 6) is -0.0338. The molecule has 0 bridgehead atoms. The number of piperidine rings is 1. The fraction of sp³-hybridized carbons (Fsp3) is 0.318. The second kappa shape index (κ2) is 8.65. The van der Waals surface area contributed by atoms with Crippen LogP contribution in [0.5, 0.6) is 11.5 Å². The van der Waals surface area contributed by atoms with Gasteiger partial charge in [-0.05, 0) is 67.3 Å². The molecule has 1 aliphatic heterocycles. The zero-order valence-corrected chi connectivity index (χ0v) is 16.4. The van der Waals surface area contributed by atoms with Gasteiger partial charge in [-0.1, -0.05) is 6.92 Å². The Bertz CT molecular complexity index is 950. The molecular weight excluding hydrogens is 370 g/mol. The van der Waals surface area contributed by atoms with Gasteiger partial charge in [0.05, 0.1) is 17.6 Å². The van der Waals surface area contributed by atoms with Crippen LogP contribution in [0.25, 0.3) is 0 Å². The van der Waals surface area contributed by atoms with Crippen molar-refractivity contribution < 1.29 is 19.4 Å². The van der Waals surface area contributed by atoms with Gasteiger partial charge < -0.3 is 20.1 Å². The number of rotatable bonds is 4. The molecule has 1 saturated heterocycles. The molecule has 0 aliphatic carbocycles. The number of aliphatic carboxylic acids is 1. The highest BCUT2D eigenvalue weighted by Crippen LogP contribution is 2.27. The number of nitriles is 1. The first-order valence-corrected chi connectivity index (χ1v) is 9.43. The predicted molar refractivity (Wildman–Crippen MR) is 108 cm³/mol. The number of nitrogens with one attached hydrogen (secondary N) is 1. The number of hydrogen-bond acceptors (Lipinski definition) is 4. The Labute approximate surface area is 169 Å². The summed E-state index contributed by atoms with van der Waals surface area (Å²) < 4.78 is 5.79. The Balaban J connectivity index is 1.66. The van der Waals surface area contributed by atoms with E-state index in [0.717, 1.165) is 5.56 Å². The molecule has 7 nitrogen and oxygen atoms in total. The van der Waals surface area contributed by atoms with E-state index in [9.17, 15) is 14.7 Å². The molecule has 0 radical (unpaired) electrons. The topological polar surface area (TPSA) is 103 Å². The molecule has 1 heterocycles. The van der Waals surface area contributed by atoms with E-state index in [-0.39, 0.29) is 18.5 Å². The molecule has 3 rings (SSSR count). The zero-order valence-electron chi connectivity index (χ0n) is 16.4. The number of likely N-dealkylation sites (tertiary alicyclic amines) is 1. The van der Waals surface area contributed by atoms with Crippen molar-refractivity contribution in [2.24, 2.45) is 11.8 Å². The molecule has 2 amide bonds. The van der Waals surface area contributed by atoms with Gasteiger partial charge in [-0.25, -0.2) is 4.79 Å². The SMILES string of the molecule is Cc1cc(Oc2ccc(C#N)cc2)ccc1NC(=O)N1CC(C)CC(C(=O)O)C1. The van der Waals surface area contributed by atoms with Crippen molar-refractivity contribution in [2.75, 3.05) is 18.4 Å². The Morgan fingerprint density at radius 2 is 1.86 bits per heavy atom. The van der Waals surface area contributed by atoms with Gasteiger partial charge >= 0.3 is 12.0 Å². The van der Waals surface area contributed by atoms with Crippen molar-refractivity contribution >= 4 is 17.7 Å². The maximum absolute atomic E-state index is 12.6. The average Bonchev–Trinajstić information content (AvgIpc) is 2.70. The summed E-state index contributed by atoms with van der Waals surface area (Å²) in [4.78, 5) is 25.5. The number of nitrogens with zero attached hydrogens (tertiary/aromatic N) is 2. The molecule has 2 unspecified atom stereocenters. The average molecular weight is 393 g/mol. The van der Waals surface area contributed by atoms with Gasteiger partial charge in [0.2, 0.25) is 0 Å². The summed E-state index contributed by atoms with van der Waals surface area (Å²) in [7, 11) is 0. The fourth-order valence-corrected chi connectivity index (χ4v) is 3.46. The third-order valence-electron chi connectivity index (χ3n) is 4.95. The van der Waals surface area contributed by atoms with Crippen molar-refractivity contribution in [1.29, 1.82) is 5.26 Å². The molecule has 29 heavy (non-hydrogen) atoms. The van der Waals surface area contributed by atoms with E-state index in [0.29, 0.717) is 35.7 Å². The maximum atomic E-state index is 12.6. The summed E-state index contributed by atoms with van der Waals surface area (Å²) in [5, 5.41) is 21.0. The largest absolute Gasteiger partial charge is 0.481 e. The highest BCUT2D eigenvalue weighted by Gasteiger charge is 2.32. The van der Waals surface area contributed by atoms with Crippen molar-refractivity contribution in [3.8, 4) is 17.6 Å². The molecule has 2 atom stereocenters. The predicted octanol–water partition coefficient (Wildman–Crippen LogP) is 4.23. The minimum absolute atomic E-state index is 0.139. The third kappa shape index (κ3) is 5.05. The van der Waals surface area contributed by atoms with E-state index in [1.165, 1.54) is 0 Å². The van der Waals surface area contributed by atoms with Gasteiger partial charge in [-0.15, -0.1) is 0 Å². The van der Waals surface area contributed by atoms with E-state index >= 15 is 0 Å². The van der Waals surface area contributed by atoms with Crippen LogP contribution in [0.15, 0.2) is 42.5 Å². The Kier molecular flexibility index (Phi) is 6.03. The number of urea groups is 1. The summed E-state index contributed by atoms with van der Waals surface area (Å²) in [6, 6.07) is 13.9. The Morgan fingerprint density at radius 3 is 2.48 bits per heavy atom. The number of amides is 2. The second-order valence-electron chi connectivity index (χ2n) is 7.43. The molecule has 0 saturated carbocycles. The first kappa shape index (κ1) is 20.2. The number of benzene rings is 2. The summed E-state index contributed by atoms with van der Waals surface area (Å²) in [6.45, 7) is 4.56. The third-order valence-corrected chi connectivity index (χ3v) is 4.95. The van der Waals surface area contributed by atoms with Crippen molar-refractivity contribution in [1.82, 2.24) is 4.90 Å². The van der Waals surface area contributed by atoms with Gasteiger partial charge in [0.25, 0.3) is 0 Å². The lowest BCUT2D eigenvalue weighted by Crippen LogP contribution is -2.47. The van der Waals surface area contributed by atoms with Crippen LogP contribution in [0, 0.1) is 30.1 Å². The number of carboxylic acid groups (broad SMARTS) is 1. The van der Waals surface area contributed by atoms with Gasteiger partial charge in [0.15, 0.2) is 0 Å².